The Kier molecular flexibility index (Phi) is 10.9. The van der Waals surface area contributed by atoms with Crippen molar-refractivity contribution in [3.63, 3.8) is 0 Å². The van der Waals surface area contributed by atoms with E-state index in [0.29, 0.717) is 45.3 Å². The lowest BCUT2D eigenvalue weighted by atomic mass is 9.45. The van der Waals surface area contributed by atoms with E-state index in [-0.39, 0.29) is 79.3 Å². The number of carbonyl (C=O) groups is 4. The van der Waals surface area contributed by atoms with E-state index in [1.54, 1.807) is 0 Å². The second-order valence-electron chi connectivity index (χ2n) is 24.9. The first-order valence-electron chi connectivity index (χ1n) is 27.5. The van der Waals surface area contributed by atoms with Crippen LogP contribution in [0.25, 0.3) is 0 Å². The molecule has 18 aliphatic rings. The summed E-state index contributed by atoms with van der Waals surface area (Å²) in [6, 6.07) is 0. The zero-order valence-corrected chi connectivity index (χ0v) is 50.7. The van der Waals surface area contributed by atoms with Gasteiger partial charge < -0.3 is 37.9 Å². The second kappa shape index (κ2) is 16.5. The highest BCUT2D eigenvalue weighted by atomic mass is 35.5. The Morgan fingerprint density at radius 1 is 0.358 bits per heavy atom. The van der Waals surface area contributed by atoms with Gasteiger partial charge in [-0.25, -0.2) is 0 Å². The van der Waals surface area contributed by atoms with Crippen molar-refractivity contribution >= 4 is 117 Å². The van der Waals surface area contributed by atoms with Crippen molar-refractivity contribution in [2.45, 2.75) is 113 Å². The van der Waals surface area contributed by atoms with Gasteiger partial charge in [0.2, 0.25) is 11.6 Å². The molecule has 0 saturated heterocycles. The highest BCUT2D eigenvalue weighted by Crippen LogP contribution is 2.86. The number of hydrogen-bond acceptors (Lipinski definition) is 12. The lowest BCUT2D eigenvalue weighted by Gasteiger charge is -2.59. The van der Waals surface area contributed by atoms with Crippen LogP contribution in [0, 0.1) is 59.2 Å². The maximum absolute atomic E-state index is 13.7. The standard InChI is InChI=1S/C61H52Cl8O12/c1-18(70)78-48-36-22-9-10-23(37(36)49(79-19(2)71)41-27-14-13-26(40(41)48)44-45(27)57(67)53(63)52(62)56(44,66)60(57,74-5)75-6)33-31-17-30(32(22)33)34-24-11-12-25(35(31)34)39-38(24)50(80-20(3)72)42-28-15-16-29(43(42)51(39)81-21(4)73)47-46(28)58(68)54(64)55(65)59(47,69)61(58,76-7)77-8/h9-16,22-35,44-47H,17H2,1-8H3. The molecule has 4 fully saturated rings. The van der Waals surface area contributed by atoms with Crippen LogP contribution in [0.3, 0.4) is 0 Å². The summed E-state index contributed by atoms with van der Waals surface area (Å²) >= 11 is 60.4. The minimum absolute atomic E-state index is 0.0396. The van der Waals surface area contributed by atoms with Gasteiger partial charge in [0, 0.05) is 172 Å². The van der Waals surface area contributed by atoms with Crippen LogP contribution in [0.2, 0.25) is 0 Å². The van der Waals surface area contributed by atoms with E-state index >= 15 is 0 Å². The van der Waals surface area contributed by atoms with Gasteiger partial charge in [0.15, 0.2) is 0 Å². The number of fused-ring (bicyclic) bond motifs is 6. The monoisotopic (exact) mass is 1260 g/mol. The van der Waals surface area contributed by atoms with Crippen LogP contribution < -0.4 is 18.9 Å². The average molecular weight is 1260 g/mol. The summed E-state index contributed by atoms with van der Waals surface area (Å²) in [7, 11) is 5.89. The third kappa shape index (κ3) is 5.32. The first-order valence-corrected chi connectivity index (χ1v) is 30.5. The molecule has 0 aliphatic heterocycles. The molecule has 0 spiro atoms. The second-order valence-corrected chi connectivity index (χ2v) is 28.8. The van der Waals surface area contributed by atoms with Crippen molar-refractivity contribution in [2.24, 2.45) is 59.2 Å². The number of esters is 4. The fourth-order valence-corrected chi connectivity index (χ4v) is 26.1. The third-order valence-electron chi connectivity index (χ3n) is 22.8. The molecule has 2 aromatic rings. The van der Waals surface area contributed by atoms with Crippen molar-refractivity contribution in [1.82, 2.24) is 0 Å². The Labute approximate surface area is 506 Å². The highest BCUT2D eigenvalue weighted by molar-refractivity contribution is 6.53. The van der Waals surface area contributed by atoms with E-state index in [4.69, 9.17) is 131 Å². The van der Waals surface area contributed by atoms with Crippen LogP contribution in [0.4, 0.5) is 0 Å². The molecule has 81 heavy (non-hydrogen) atoms. The third-order valence-corrected chi connectivity index (χ3v) is 28.1. The number of carbonyl (C=O) groups excluding carboxylic acids is 4. The molecule has 2 aromatic carbocycles. The van der Waals surface area contributed by atoms with Gasteiger partial charge >= 0.3 is 23.9 Å². The summed E-state index contributed by atoms with van der Waals surface area (Å²) in [5.74, 6) is -9.34. The number of methoxy groups -OCH3 is 4. The molecule has 18 aliphatic carbocycles. The molecule has 20 unspecified atom stereocenters. The minimum Gasteiger partial charge on any atom is -0.426 e. The molecule has 0 aromatic heterocycles. The van der Waals surface area contributed by atoms with Crippen LogP contribution >= 0.6 is 92.8 Å². The highest BCUT2D eigenvalue weighted by Gasteiger charge is 2.89. The molecule has 0 amide bonds. The van der Waals surface area contributed by atoms with Gasteiger partial charge in [-0.1, -0.05) is 95.0 Å². The molecule has 424 valence electrons. The predicted molar refractivity (Wildman–Crippen MR) is 301 cm³/mol. The first kappa shape index (κ1) is 53.4. The van der Waals surface area contributed by atoms with Gasteiger partial charge in [-0.15, -0.1) is 46.4 Å². The smallest absolute Gasteiger partial charge is 0.308 e. The molecule has 0 heterocycles. The van der Waals surface area contributed by atoms with E-state index in [1.807, 2.05) is 0 Å². The normalized spacial score (nSPS) is 44.7. The summed E-state index contributed by atoms with van der Waals surface area (Å²) in [6.45, 7) is 5.58. The van der Waals surface area contributed by atoms with E-state index in [9.17, 15) is 19.2 Å². The van der Waals surface area contributed by atoms with Gasteiger partial charge in [0.1, 0.15) is 42.5 Å². The zero-order chi connectivity index (χ0) is 57.0. The molecule has 0 N–H and O–H groups in total. The van der Waals surface area contributed by atoms with Gasteiger partial charge in [-0.3, -0.25) is 19.2 Å². The average Bonchev–Trinajstić information content (AvgIpc) is 1.98. The number of alkyl halides is 4. The Morgan fingerprint density at radius 3 is 0.728 bits per heavy atom. The van der Waals surface area contributed by atoms with Crippen molar-refractivity contribution in [2.75, 3.05) is 28.4 Å². The molecular weight excluding hydrogens is 1210 g/mol. The van der Waals surface area contributed by atoms with E-state index in [1.165, 1.54) is 56.1 Å². The molecule has 0 radical (unpaired) electrons. The number of rotatable bonds is 8. The largest absolute Gasteiger partial charge is 0.426 e. The number of allylic oxidation sites excluding steroid dienone is 8. The van der Waals surface area contributed by atoms with E-state index in [2.05, 4.69) is 48.6 Å². The molecular formula is C61H52Cl8O12. The number of halogens is 8. The van der Waals surface area contributed by atoms with Crippen LogP contribution in [0.1, 0.15) is 126 Å². The molecule has 20 rings (SSSR count). The molecule has 20 atom stereocenters. The Hall–Kier alpha value is -3.08. The van der Waals surface area contributed by atoms with Crippen LogP contribution in [-0.2, 0) is 38.1 Å². The minimum atomic E-state index is -1.73. The molecule has 14 bridgehead atoms. The number of benzene rings is 2. The van der Waals surface area contributed by atoms with Gasteiger partial charge in [0.05, 0.1) is 20.1 Å². The maximum atomic E-state index is 13.7. The maximum Gasteiger partial charge on any atom is 0.308 e. The number of hydrogen-bond donors (Lipinski definition) is 0. The summed E-state index contributed by atoms with van der Waals surface area (Å²) in [5.41, 5.74) is 5.94. The van der Waals surface area contributed by atoms with Crippen molar-refractivity contribution in [3.05, 3.63) is 113 Å². The molecule has 20 heteroatoms. The van der Waals surface area contributed by atoms with Crippen LogP contribution in [0.5, 0.6) is 23.0 Å². The summed E-state index contributed by atoms with van der Waals surface area (Å²) in [6.07, 6.45) is 18.1. The first-order chi connectivity index (χ1) is 38.5. The predicted octanol–water partition coefficient (Wildman–Crippen LogP) is 13.0. The van der Waals surface area contributed by atoms with Crippen molar-refractivity contribution in [3.8, 4) is 23.0 Å². The summed E-state index contributed by atoms with van der Waals surface area (Å²) in [4.78, 5) is 48.6. The topological polar surface area (TPSA) is 142 Å². The fraction of sp³-hybridized carbons (Fsp3) is 0.541. The summed E-state index contributed by atoms with van der Waals surface area (Å²) in [5, 5.41) is 0.473. The Morgan fingerprint density at radius 2 is 0.543 bits per heavy atom. The molecule has 4 saturated carbocycles. The van der Waals surface area contributed by atoms with E-state index < -0.39 is 102 Å². The Bertz CT molecular complexity index is 3190. The van der Waals surface area contributed by atoms with Crippen molar-refractivity contribution < 1.29 is 57.1 Å². The van der Waals surface area contributed by atoms with Gasteiger partial charge in [-0.2, -0.15) is 0 Å². The zero-order valence-electron chi connectivity index (χ0n) is 44.6. The SMILES string of the molecule is COC1(OC)C2(Cl)C(Cl)=C(Cl)C1(Cl)C1C3C=CC(c4c(OC(C)=O)c5c(c(OC(C)=O)c43)C3C=CC5C4C5CC(C34)C3C4C=CC(c6c(OC(C)=O)c7c(c(OC(C)=O)c64)C4C=CC7C6C4C4(Cl)C(Cl)=C(Cl)C6(Cl)C4(OC)OC)C53)C12. The van der Waals surface area contributed by atoms with E-state index in [0.717, 1.165) is 28.7 Å². The lowest BCUT2D eigenvalue weighted by molar-refractivity contribution is -0.220. The van der Waals surface area contributed by atoms with Crippen LogP contribution in [-0.4, -0.2) is 83.4 Å². The summed E-state index contributed by atoms with van der Waals surface area (Å²) < 4.78 is 51.5. The fourth-order valence-electron chi connectivity index (χ4n) is 21.5. The van der Waals surface area contributed by atoms with Gasteiger partial charge in [0.25, 0.3) is 0 Å². The quantitative estimate of drug-likeness (QED) is 0.0816. The van der Waals surface area contributed by atoms with Gasteiger partial charge in [-0.05, 0) is 41.9 Å². The lowest BCUT2D eigenvalue weighted by Crippen LogP contribution is -2.57. The Balaban J connectivity index is 0.883. The van der Waals surface area contributed by atoms with Crippen molar-refractivity contribution in [1.29, 1.82) is 0 Å². The van der Waals surface area contributed by atoms with Crippen LogP contribution in [0.15, 0.2) is 68.7 Å². The molecule has 12 nitrogen and oxygen atoms in total. The number of ether oxygens (including phenoxy) is 8.